The van der Waals surface area contributed by atoms with Gasteiger partial charge in [-0.3, -0.25) is 0 Å². The van der Waals surface area contributed by atoms with Gasteiger partial charge < -0.3 is 15.0 Å². The van der Waals surface area contributed by atoms with Gasteiger partial charge in [-0.1, -0.05) is 19.0 Å². The first-order chi connectivity index (χ1) is 8.70. The molecule has 2 N–H and O–H groups in total. The minimum atomic E-state index is -4.36. The van der Waals surface area contributed by atoms with E-state index in [1.54, 1.807) is 0 Å². The van der Waals surface area contributed by atoms with Gasteiger partial charge in [-0.15, -0.1) is 0 Å². The first kappa shape index (κ1) is 15.9. The summed E-state index contributed by atoms with van der Waals surface area (Å²) in [4.78, 5) is 4.02. The molecule has 0 aliphatic carbocycles. The van der Waals surface area contributed by atoms with E-state index in [0.717, 1.165) is 0 Å². The van der Waals surface area contributed by atoms with Crippen LogP contribution in [0.4, 0.5) is 13.2 Å². The molecule has 1 heterocycles. The second kappa shape index (κ2) is 6.33. The fourth-order valence-electron chi connectivity index (χ4n) is 1.84. The summed E-state index contributed by atoms with van der Waals surface area (Å²) in [7, 11) is 0. The van der Waals surface area contributed by atoms with Gasteiger partial charge in [0, 0.05) is 6.04 Å². The van der Waals surface area contributed by atoms with Crippen molar-refractivity contribution in [2.45, 2.75) is 45.5 Å². The third-order valence-corrected chi connectivity index (χ3v) is 2.55. The summed E-state index contributed by atoms with van der Waals surface area (Å²) in [6.45, 7) is 4.05. The Kier molecular flexibility index (Phi) is 5.30. The number of nitrogens with zero attached hydrogens (tertiary/aromatic N) is 2. The number of aromatic nitrogens is 2. The Morgan fingerprint density at radius 2 is 1.95 bits per heavy atom. The maximum atomic E-state index is 11.9. The molecule has 0 bridgehead atoms. The average Bonchev–Trinajstić information content (AvgIpc) is 2.63. The number of rotatable bonds is 6. The van der Waals surface area contributed by atoms with Crippen molar-refractivity contribution >= 4 is 0 Å². The van der Waals surface area contributed by atoms with Gasteiger partial charge in [-0.05, 0) is 12.8 Å². The van der Waals surface area contributed by atoms with Crippen LogP contribution in [0.5, 0.6) is 0 Å². The molecule has 0 spiro atoms. The lowest BCUT2D eigenvalue weighted by molar-refractivity contribution is -0.177. The Labute approximate surface area is 109 Å². The van der Waals surface area contributed by atoms with E-state index in [0.29, 0.717) is 5.89 Å². The third-order valence-electron chi connectivity index (χ3n) is 2.55. The molecular formula is C11H18F3N3O2. The minimum absolute atomic E-state index is 0.0885. The maximum Gasteiger partial charge on any atom is 0.411 e. The molecular weight excluding hydrogens is 263 g/mol. The van der Waals surface area contributed by atoms with Gasteiger partial charge in [0.1, 0.15) is 13.2 Å². The van der Waals surface area contributed by atoms with Gasteiger partial charge >= 0.3 is 6.18 Å². The van der Waals surface area contributed by atoms with Gasteiger partial charge in [0.2, 0.25) is 5.89 Å². The molecule has 8 heteroatoms. The zero-order valence-corrected chi connectivity index (χ0v) is 11.1. The predicted molar refractivity (Wildman–Crippen MR) is 61.2 cm³/mol. The monoisotopic (exact) mass is 281 g/mol. The highest BCUT2D eigenvalue weighted by atomic mass is 19.4. The van der Waals surface area contributed by atoms with Crippen LogP contribution in [-0.2, 0) is 11.3 Å². The fourth-order valence-corrected chi connectivity index (χ4v) is 1.84. The molecule has 2 unspecified atom stereocenters. The molecule has 19 heavy (non-hydrogen) atoms. The van der Waals surface area contributed by atoms with E-state index in [9.17, 15) is 13.2 Å². The van der Waals surface area contributed by atoms with E-state index in [1.807, 2.05) is 20.8 Å². The highest BCUT2D eigenvalue weighted by Crippen LogP contribution is 2.25. The SMILES string of the molecule is CC(C)C(c1nc(COCC(F)(F)F)no1)C(C)N. The van der Waals surface area contributed by atoms with Crippen LogP contribution in [0.1, 0.15) is 38.4 Å². The third kappa shape index (κ3) is 5.15. The summed E-state index contributed by atoms with van der Waals surface area (Å²) in [6.07, 6.45) is -4.36. The maximum absolute atomic E-state index is 11.9. The summed E-state index contributed by atoms with van der Waals surface area (Å²) >= 11 is 0. The fraction of sp³-hybridized carbons (Fsp3) is 0.818. The number of hydrogen-bond acceptors (Lipinski definition) is 5. The van der Waals surface area contributed by atoms with E-state index < -0.39 is 12.8 Å². The second-order valence-corrected chi connectivity index (χ2v) is 4.79. The largest absolute Gasteiger partial charge is 0.411 e. The topological polar surface area (TPSA) is 74.2 Å². The zero-order chi connectivity index (χ0) is 14.6. The number of halogens is 3. The Morgan fingerprint density at radius 1 is 1.32 bits per heavy atom. The molecule has 110 valence electrons. The molecule has 0 amide bonds. The number of hydrogen-bond donors (Lipinski definition) is 1. The van der Waals surface area contributed by atoms with Crippen LogP contribution in [0, 0.1) is 5.92 Å². The molecule has 1 rings (SSSR count). The summed E-state index contributed by atoms with van der Waals surface area (Å²) in [5, 5.41) is 3.59. The lowest BCUT2D eigenvalue weighted by Crippen LogP contribution is -2.28. The van der Waals surface area contributed by atoms with Crippen molar-refractivity contribution in [1.29, 1.82) is 0 Å². The number of ether oxygens (including phenoxy) is 1. The number of alkyl halides is 3. The van der Waals surface area contributed by atoms with Crippen molar-refractivity contribution < 1.29 is 22.4 Å². The minimum Gasteiger partial charge on any atom is -0.364 e. The normalized spacial score (nSPS) is 15.8. The van der Waals surface area contributed by atoms with Crippen LogP contribution < -0.4 is 5.73 Å². The highest BCUT2D eigenvalue weighted by Gasteiger charge is 2.29. The van der Waals surface area contributed by atoms with E-state index >= 15 is 0 Å². The van der Waals surface area contributed by atoms with Crippen LogP contribution in [0.2, 0.25) is 0 Å². The number of nitrogens with two attached hydrogens (primary N) is 1. The van der Waals surface area contributed by atoms with Gasteiger partial charge in [0.05, 0.1) is 5.92 Å². The van der Waals surface area contributed by atoms with E-state index in [2.05, 4.69) is 14.9 Å². The highest BCUT2D eigenvalue weighted by molar-refractivity contribution is 4.98. The second-order valence-electron chi connectivity index (χ2n) is 4.79. The molecule has 0 fully saturated rings. The van der Waals surface area contributed by atoms with Gasteiger partial charge in [-0.2, -0.15) is 18.2 Å². The molecule has 2 atom stereocenters. The van der Waals surface area contributed by atoms with E-state index in [1.165, 1.54) is 0 Å². The molecule has 1 aromatic heterocycles. The van der Waals surface area contributed by atoms with Gasteiger partial charge in [-0.25, -0.2) is 0 Å². The molecule has 0 saturated carbocycles. The quantitative estimate of drug-likeness (QED) is 0.865. The molecule has 0 saturated heterocycles. The van der Waals surface area contributed by atoms with Crippen LogP contribution in [0.25, 0.3) is 0 Å². The van der Waals surface area contributed by atoms with Crippen LogP contribution in [0.15, 0.2) is 4.52 Å². The molecule has 0 radical (unpaired) electrons. The van der Waals surface area contributed by atoms with Crippen molar-refractivity contribution in [3.63, 3.8) is 0 Å². The lowest BCUT2D eigenvalue weighted by Gasteiger charge is -2.20. The van der Waals surface area contributed by atoms with Gasteiger partial charge in [0.25, 0.3) is 0 Å². The average molecular weight is 281 g/mol. The summed E-state index contributed by atoms with van der Waals surface area (Å²) in [6, 6.07) is -0.190. The van der Waals surface area contributed by atoms with Crippen molar-refractivity contribution in [3.8, 4) is 0 Å². The van der Waals surface area contributed by atoms with Crippen LogP contribution in [-0.4, -0.2) is 29.0 Å². The Morgan fingerprint density at radius 3 is 2.42 bits per heavy atom. The predicted octanol–water partition coefficient (Wildman–Crippen LogP) is 2.24. The van der Waals surface area contributed by atoms with Crippen LogP contribution >= 0.6 is 0 Å². The Hall–Kier alpha value is -1.15. The summed E-state index contributed by atoms with van der Waals surface area (Å²) < 4.78 is 45.2. The summed E-state index contributed by atoms with van der Waals surface area (Å²) in [5.74, 6) is 0.467. The molecule has 0 aromatic carbocycles. The van der Waals surface area contributed by atoms with Crippen molar-refractivity contribution in [3.05, 3.63) is 11.7 Å². The van der Waals surface area contributed by atoms with Crippen LogP contribution in [0.3, 0.4) is 0 Å². The Bertz CT molecular complexity index is 383. The van der Waals surface area contributed by atoms with E-state index in [4.69, 9.17) is 10.3 Å². The summed E-state index contributed by atoms with van der Waals surface area (Å²) in [5.41, 5.74) is 5.83. The van der Waals surface area contributed by atoms with Crippen molar-refractivity contribution in [2.75, 3.05) is 6.61 Å². The molecule has 0 aliphatic heterocycles. The molecule has 1 aromatic rings. The smallest absolute Gasteiger partial charge is 0.364 e. The molecule has 5 nitrogen and oxygen atoms in total. The van der Waals surface area contributed by atoms with E-state index in [-0.39, 0.29) is 30.3 Å². The standard InChI is InChI=1S/C11H18F3N3O2/c1-6(2)9(7(3)15)10-16-8(17-19-10)4-18-5-11(12,13)14/h6-7,9H,4-5,15H2,1-3H3. The first-order valence-electron chi connectivity index (χ1n) is 5.93. The zero-order valence-electron chi connectivity index (χ0n) is 11.1. The van der Waals surface area contributed by atoms with Crippen molar-refractivity contribution in [2.24, 2.45) is 11.7 Å². The first-order valence-corrected chi connectivity index (χ1v) is 5.93. The Balaban J connectivity index is 2.61. The van der Waals surface area contributed by atoms with Crippen molar-refractivity contribution in [1.82, 2.24) is 10.1 Å². The lowest BCUT2D eigenvalue weighted by atomic mass is 9.90. The molecule has 0 aliphatic rings. The van der Waals surface area contributed by atoms with Gasteiger partial charge in [0.15, 0.2) is 5.82 Å².